The minimum atomic E-state index is 1.06. The first-order valence-electron chi connectivity index (χ1n) is 47.6. The van der Waals surface area contributed by atoms with E-state index in [2.05, 4.69) is 556 Å². The quantitative estimate of drug-likeness (QED) is 0.0588. The van der Waals surface area contributed by atoms with E-state index in [1.807, 2.05) is 0 Å². The minimum absolute atomic E-state index is 1.06. The molecule has 2 nitrogen and oxygen atoms in total. The average molecular weight is 1750 g/mol. The van der Waals surface area contributed by atoms with E-state index in [-0.39, 0.29) is 0 Å². The van der Waals surface area contributed by atoms with Crippen LogP contribution < -0.4 is 9.80 Å². The van der Waals surface area contributed by atoms with Crippen molar-refractivity contribution in [1.82, 2.24) is 0 Å². The van der Waals surface area contributed by atoms with Crippen molar-refractivity contribution >= 4 is 155 Å². The summed E-state index contributed by atoms with van der Waals surface area (Å²) in [6.07, 6.45) is 9.03. The summed E-state index contributed by atoms with van der Waals surface area (Å²) >= 11 is 0. The lowest BCUT2D eigenvalue weighted by Crippen LogP contribution is -2.09. The fourth-order valence-corrected chi connectivity index (χ4v) is 21.4. The molecule has 0 N–H and O–H groups in total. The van der Waals surface area contributed by atoms with Gasteiger partial charge in [0.25, 0.3) is 0 Å². The normalized spacial score (nSPS) is 11.7. The monoisotopic (exact) mass is 1750 g/mol. The van der Waals surface area contributed by atoms with Gasteiger partial charge in [-0.1, -0.05) is 467 Å². The summed E-state index contributed by atoms with van der Waals surface area (Å²) in [4.78, 5) is 4.76. The largest absolute Gasteiger partial charge is 0.311 e. The molecule has 0 atom stereocenters. The fourth-order valence-electron chi connectivity index (χ4n) is 21.4. The van der Waals surface area contributed by atoms with Crippen LogP contribution >= 0.6 is 0 Å². The molecule has 0 aliphatic heterocycles. The Morgan fingerprint density at radius 3 is 0.754 bits per heavy atom. The molecule has 0 saturated heterocycles. The predicted octanol–water partition coefficient (Wildman–Crippen LogP) is 38.3. The number of rotatable bonds is 19. The highest BCUT2D eigenvalue weighted by Crippen LogP contribution is 2.50. The van der Waals surface area contributed by atoms with Crippen molar-refractivity contribution in [3.8, 4) is 100 Å². The van der Waals surface area contributed by atoms with Gasteiger partial charge in [0.05, 0.1) is 0 Å². The summed E-state index contributed by atoms with van der Waals surface area (Å²) in [6, 6.07) is 192. The van der Waals surface area contributed by atoms with Crippen LogP contribution in [0.15, 0.2) is 522 Å². The van der Waals surface area contributed by atoms with Crippen LogP contribution in [0.3, 0.4) is 0 Å². The van der Waals surface area contributed by atoms with Gasteiger partial charge in [0.2, 0.25) is 0 Å². The van der Waals surface area contributed by atoms with E-state index in [0.29, 0.717) is 0 Å². The van der Waals surface area contributed by atoms with Crippen LogP contribution in [0.5, 0.6) is 0 Å². The highest BCUT2D eigenvalue weighted by atomic mass is 15.1. The molecule has 0 spiro atoms. The smallest absolute Gasteiger partial charge is 0.0468 e. The maximum Gasteiger partial charge on any atom is 0.0468 e. The second-order valence-electron chi connectivity index (χ2n) is 36.0. The van der Waals surface area contributed by atoms with Crippen molar-refractivity contribution in [3.05, 3.63) is 544 Å². The van der Waals surface area contributed by atoms with Crippen LogP contribution in [0.2, 0.25) is 0 Å². The van der Waals surface area contributed by atoms with Crippen molar-refractivity contribution in [2.24, 2.45) is 0 Å². The van der Waals surface area contributed by atoms with E-state index in [1.165, 1.54) is 186 Å². The molecule has 0 heterocycles. The predicted molar refractivity (Wildman–Crippen MR) is 593 cm³/mol. The second-order valence-corrected chi connectivity index (χ2v) is 36.0. The maximum absolute atomic E-state index is 2.38. The van der Waals surface area contributed by atoms with E-state index < -0.39 is 0 Å². The third-order valence-electron chi connectivity index (χ3n) is 28.1. The number of para-hydroxylation sites is 1. The molecule has 0 amide bonds. The van der Waals surface area contributed by atoms with Gasteiger partial charge in [0.1, 0.15) is 0 Å². The summed E-state index contributed by atoms with van der Waals surface area (Å²) in [5, 5.41) is 22.1. The molecule has 0 aliphatic rings. The first kappa shape index (κ1) is 81.9. The average Bonchev–Trinajstić information content (AvgIpc) is 0.725. The van der Waals surface area contributed by atoms with Crippen molar-refractivity contribution in [3.63, 3.8) is 0 Å². The third-order valence-corrected chi connectivity index (χ3v) is 28.1. The number of anilines is 6. The zero-order valence-corrected chi connectivity index (χ0v) is 75.9. The van der Waals surface area contributed by atoms with Gasteiger partial charge in [0, 0.05) is 34.1 Å². The molecule has 25 aromatic rings. The van der Waals surface area contributed by atoms with Gasteiger partial charge in [-0.15, -0.1) is 0 Å². The standard InChI is InChI=1S/C136H90N2/c1-3-25-93(26-4-1)95-67-78-110(79-68-95)137(112-82-71-104(72-83-112)135-129-43-19-15-39-125(129)133(126-40-16-20-44-130(126)135)102-57-51-91(52-58-102)49-55-100-76-87-123(119-37-13-11-35-117(100)119)121-47-23-29-98-27-7-9-33-115(98)121)111-80-69-96(70-81-111)94-61-63-97(64-62-94)106-65-66-108-90-114(86-75-107(108)89-106)138(109-31-5-2-6-32-109)113-84-73-105(74-85-113)136-131-45-21-17-41-127(131)134(128-42-18-22-46-132(128)136)103-59-53-92(54-60-103)50-56-101-77-88-124(120-38-14-12-36-118(101)120)122-48-24-30-99-28-8-10-34-116(99)122/h1-90H. The minimum Gasteiger partial charge on any atom is -0.311 e. The molecule has 0 radical (unpaired) electrons. The molecule has 0 unspecified atom stereocenters. The lowest BCUT2D eigenvalue weighted by molar-refractivity contribution is 1.28. The van der Waals surface area contributed by atoms with Crippen molar-refractivity contribution in [2.75, 3.05) is 9.80 Å². The summed E-state index contributed by atoms with van der Waals surface area (Å²) in [6.45, 7) is 0. The Labute approximate surface area is 803 Å². The van der Waals surface area contributed by atoms with Gasteiger partial charge in [-0.3, -0.25) is 0 Å². The van der Waals surface area contributed by atoms with Crippen LogP contribution in [-0.2, 0) is 0 Å². The Kier molecular flexibility index (Phi) is 21.0. The van der Waals surface area contributed by atoms with Crippen LogP contribution in [0.4, 0.5) is 34.1 Å². The van der Waals surface area contributed by atoms with Gasteiger partial charge in [0.15, 0.2) is 0 Å². The zero-order valence-electron chi connectivity index (χ0n) is 75.9. The highest BCUT2D eigenvalue weighted by molar-refractivity contribution is 6.24. The van der Waals surface area contributed by atoms with Crippen LogP contribution in [-0.4, -0.2) is 0 Å². The molecular weight excluding hydrogens is 1660 g/mol. The molecule has 0 fully saturated rings. The number of hydrogen-bond acceptors (Lipinski definition) is 2. The van der Waals surface area contributed by atoms with Crippen LogP contribution in [0.1, 0.15) is 22.3 Å². The summed E-state index contributed by atoms with van der Waals surface area (Å²) in [5.74, 6) is 0. The van der Waals surface area contributed by atoms with Crippen LogP contribution in [0, 0.1) is 0 Å². The Morgan fingerprint density at radius 2 is 0.370 bits per heavy atom. The van der Waals surface area contributed by atoms with Crippen molar-refractivity contribution in [2.45, 2.75) is 0 Å². The number of nitrogens with zero attached hydrogens (tertiary/aromatic N) is 2. The Balaban J connectivity index is 0.471. The van der Waals surface area contributed by atoms with E-state index >= 15 is 0 Å². The first-order valence-corrected chi connectivity index (χ1v) is 47.6. The molecule has 25 rings (SSSR count). The fraction of sp³-hybridized carbons (Fsp3) is 0. The molecule has 138 heavy (non-hydrogen) atoms. The van der Waals surface area contributed by atoms with E-state index in [9.17, 15) is 0 Å². The Hall–Kier alpha value is -18.1. The van der Waals surface area contributed by atoms with Gasteiger partial charge in [-0.2, -0.15) is 0 Å². The maximum atomic E-state index is 2.38. The highest BCUT2D eigenvalue weighted by Gasteiger charge is 2.24. The summed E-state index contributed by atoms with van der Waals surface area (Å²) in [5.41, 5.74) is 32.7. The van der Waals surface area contributed by atoms with E-state index in [0.717, 1.165) is 67.5 Å². The molecule has 0 aliphatic carbocycles. The zero-order chi connectivity index (χ0) is 91.4. The van der Waals surface area contributed by atoms with Crippen molar-refractivity contribution in [1.29, 1.82) is 0 Å². The lowest BCUT2D eigenvalue weighted by Gasteiger charge is -2.26. The van der Waals surface area contributed by atoms with Gasteiger partial charge in [-0.05, 0) is 298 Å². The van der Waals surface area contributed by atoms with Crippen molar-refractivity contribution < 1.29 is 0 Å². The molecular formula is C136H90N2. The van der Waals surface area contributed by atoms with E-state index in [4.69, 9.17) is 0 Å². The molecule has 0 saturated carbocycles. The van der Waals surface area contributed by atoms with Gasteiger partial charge >= 0.3 is 0 Å². The first-order chi connectivity index (χ1) is 68.4. The molecule has 644 valence electrons. The summed E-state index contributed by atoms with van der Waals surface area (Å²) < 4.78 is 0. The second kappa shape index (κ2) is 35.5. The van der Waals surface area contributed by atoms with E-state index in [1.54, 1.807) is 0 Å². The lowest BCUT2D eigenvalue weighted by atomic mass is 9.86. The van der Waals surface area contributed by atoms with Crippen LogP contribution in [0.25, 0.3) is 221 Å². The molecule has 0 bridgehead atoms. The Bertz CT molecular complexity index is 8930. The number of fused-ring (bicyclic) bond motifs is 9. The number of hydrogen-bond donors (Lipinski definition) is 0. The topological polar surface area (TPSA) is 6.48 Å². The third kappa shape index (κ3) is 15.2. The number of benzene rings is 25. The molecule has 0 aromatic heterocycles. The van der Waals surface area contributed by atoms with Gasteiger partial charge < -0.3 is 9.80 Å². The SMILES string of the molecule is C(=Cc1ccc(-c2cccc3ccccc23)c2ccccc12)c1ccc(-c2c3ccccc3c(-c3ccc(N(c4ccc(-c5ccccc5)cc4)c4ccc(-c5ccc(-c6ccc7cc(N(c8ccccc8)c8ccc(-c9c%10ccccc%10c(-c%10ccc(C=Cc%11ccc(-c%12cccc%13ccccc%12%13)c%12ccccc%11%12)cc%10)c%10ccccc9%10)cc8)ccc7c6)cc5)cc4)cc3)c3ccccc23)cc1. The summed E-state index contributed by atoms with van der Waals surface area (Å²) in [7, 11) is 0. The Morgan fingerprint density at radius 1 is 0.123 bits per heavy atom. The molecule has 2 heteroatoms. The molecule has 25 aromatic carbocycles. The van der Waals surface area contributed by atoms with Gasteiger partial charge in [-0.25, -0.2) is 0 Å².